The fourth-order valence-electron chi connectivity index (χ4n) is 2.21. The molecular formula is C18H19ClO4S. The molecule has 0 saturated carbocycles. The number of esters is 1. The van der Waals surface area contributed by atoms with Gasteiger partial charge >= 0.3 is 5.97 Å². The van der Waals surface area contributed by atoms with Crippen LogP contribution in [0, 0.1) is 6.92 Å². The normalized spacial score (nSPS) is 12.6. The molecular weight excluding hydrogens is 348 g/mol. The zero-order valence-corrected chi connectivity index (χ0v) is 15.1. The number of hydrogen-bond donors (Lipinski definition) is 0. The summed E-state index contributed by atoms with van der Waals surface area (Å²) in [5, 5.41) is 0.505. The number of ether oxygens (including phenoxy) is 1. The average Bonchev–Trinajstić information content (AvgIpc) is 2.54. The van der Waals surface area contributed by atoms with Gasteiger partial charge in [0.25, 0.3) is 0 Å². The minimum absolute atomic E-state index is 0.203. The molecule has 0 N–H and O–H groups in total. The number of sulfone groups is 1. The first-order valence-corrected chi connectivity index (χ1v) is 9.56. The van der Waals surface area contributed by atoms with Crippen molar-refractivity contribution < 1.29 is 17.9 Å². The van der Waals surface area contributed by atoms with Crippen LogP contribution in [0.5, 0.6) is 0 Å². The Morgan fingerprint density at radius 3 is 2.38 bits per heavy atom. The van der Waals surface area contributed by atoms with E-state index in [1.165, 1.54) is 0 Å². The predicted molar refractivity (Wildman–Crippen MR) is 93.8 cm³/mol. The first-order valence-electron chi connectivity index (χ1n) is 7.53. The van der Waals surface area contributed by atoms with Gasteiger partial charge in [0.05, 0.1) is 17.1 Å². The van der Waals surface area contributed by atoms with Crippen molar-refractivity contribution in [3.05, 3.63) is 64.7 Å². The Bertz CT molecular complexity index is 813. The molecule has 0 bridgehead atoms. The van der Waals surface area contributed by atoms with E-state index in [2.05, 4.69) is 0 Å². The molecule has 0 aromatic heterocycles. The molecule has 2 aromatic rings. The molecule has 0 heterocycles. The topological polar surface area (TPSA) is 60.4 Å². The summed E-state index contributed by atoms with van der Waals surface area (Å²) in [5.41, 5.74) is 1.66. The van der Waals surface area contributed by atoms with Gasteiger partial charge in [-0.15, -0.1) is 0 Å². The summed E-state index contributed by atoms with van der Waals surface area (Å²) < 4.78 is 29.7. The van der Waals surface area contributed by atoms with Crippen molar-refractivity contribution in [2.75, 3.05) is 5.75 Å². The molecule has 0 unspecified atom stereocenters. The maximum atomic E-state index is 12.2. The summed E-state index contributed by atoms with van der Waals surface area (Å²) in [6.45, 7) is 3.58. The second-order valence-electron chi connectivity index (χ2n) is 5.54. The molecule has 1 atom stereocenters. The maximum Gasteiger partial charge on any atom is 0.307 e. The highest BCUT2D eigenvalue weighted by atomic mass is 35.5. The van der Waals surface area contributed by atoms with Crippen molar-refractivity contribution in [3.8, 4) is 0 Å². The molecule has 2 rings (SSSR count). The Kier molecular flexibility index (Phi) is 6.02. The van der Waals surface area contributed by atoms with Gasteiger partial charge in [0.15, 0.2) is 9.84 Å². The van der Waals surface area contributed by atoms with E-state index < -0.39 is 21.9 Å². The van der Waals surface area contributed by atoms with Crippen molar-refractivity contribution in [1.82, 2.24) is 0 Å². The molecule has 24 heavy (non-hydrogen) atoms. The molecule has 0 fully saturated rings. The van der Waals surface area contributed by atoms with Crippen LogP contribution in [0.2, 0.25) is 5.02 Å². The summed E-state index contributed by atoms with van der Waals surface area (Å²) >= 11 is 6.06. The van der Waals surface area contributed by atoms with Gasteiger partial charge in [-0.25, -0.2) is 8.42 Å². The lowest BCUT2D eigenvalue weighted by Crippen LogP contribution is -2.15. The largest absolute Gasteiger partial charge is 0.458 e. The maximum absolute atomic E-state index is 12.2. The number of aryl methyl sites for hydroxylation is 1. The van der Waals surface area contributed by atoms with Gasteiger partial charge in [0, 0.05) is 10.6 Å². The lowest BCUT2D eigenvalue weighted by atomic mass is 10.1. The lowest BCUT2D eigenvalue weighted by Gasteiger charge is -2.15. The summed E-state index contributed by atoms with van der Waals surface area (Å²) in [6.07, 6.45) is -0.737. The van der Waals surface area contributed by atoms with Crippen LogP contribution < -0.4 is 0 Å². The van der Waals surface area contributed by atoms with E-state index in [0.29, 0.717) is 10.6 Å². The van der Waals surface area contributed by atoms with Crippen LogP contribution in [-0.4, -0.2) is 20.1 Å². The number of benzene rings is 2. The second-order valence-corrected chi connectivity index (χ2v) is 8.05. The summed E-state index contributed by atoms with van der Waals surface area (Å²) in [7, 11) is -3.51. The Balaban J connectivity index is 1.95. The van der Waals surface area contributed by atoms with Crippen molar-refractivity contribution in [2.45, 2.75) is 31.3 Å². The highest BCUT2D eigenvalue weighted by Crippen LogP contribution is 2.25. The van der Waals surface area contributed by atoms with E-state index >= 15 is 0 Å². The third-order valence-electron chi connectivity index (χ3n) is 3.61. The zero-order valence-electron chi connectivity index (χ0n) is 13.5. The molecule has 0 aliphatic rings. The van der Waals surface area contributed by atoms with Crippen molar-refractivity contribution >= 4 is 27.4 Å². The van der Waals surface area contributed by atoms with Gasteiger partial charge in [0.2, 0.25) is 0 Å². The molecule has 2 aromatic carbocycles. The molecule has 0 amide bonds. The van der Waals surface area contributed by atoms with Gasteiger partial charge < -0.3 is 4.74 Å². The summed E-state index contributed by atoms with van der Waals surface area (Å²) in [5.74, 6) is -0.859. The monoisotopic (exact) mass is 366 g/mol. The Morgan fingerprint density at radius 1 is 1.12 bits per heavy atom. The number of halogens is 1. The third-order valence-corrected chi connectivity index (χ3v) is 5.68. The van der Waals surface area contributed by atoms with E-state index in [0.717, 1.165) is 5.56 Å². The SMILES string of the molecule is Cc1ccc(S(=O)(=O)CCC(=O)O[C@H](C)c2ccccc2Cl)cc1. The van der Waals surface area contributed by atoms with Crippen LogP contribution in [-0.2, 0) is 19.4 Å². The first kappa shape index (κ1) is 18.5. The Labute approximate surface area is 147 Å². The van der Waals surface area contributed by atoms with Crippen LogP contribution in [0.4, 0.5) is 0 Å². The van der Waals surface area contributed by atoms with E-state index in [9.17, 15) is 13.2 Å². The van der Waals surface area contributed by atoms with Gasteiger partial charge in [-0.1, -0.05) is 47.5 Å². The van der Waals surface area contributed by atoms with E-state index in [1.54, 1.807) is 55.5 Å². The summed E-state index contributed by atoms with van der Waals surface area (Å²) in [4.78, 5) is 12.1. The van der Waals surface area contributed by atoms with Gasteiger partial charge in [-0.3, -0.25) is 4.79 Å². The number of carbonyl (C=O) groups is 1. The minimum atomic E-state index is -3.51. The molecule has 128 valence electrons. The lowest BCUT2D eigenvalue weighted by molar-refractivity contribution is -0.148. The molecule has 0 aliphatic heterocycles. The third kappa shape index (κ3) is 4.82. The fourth-order valence-corrected chi connectivity index (χ4v) is 3.72. The highest BCUT2D eigenvalue weighted by molar-refractivity contribution is 7.91. The molecule has 0 radical (unpaired) electrons. The first-order chi connectivity index (χ1) is 11.3. The summed E-state index contributed by atoms with van der Waals surface area (Å²) in [6, 6.07) is 13.6. The molecule has 0 saturated heterocycles. The molecule has 4 nitrogen and oxygen atoms in total. The van der Waals surface area contributed by atoms with Crippen LogP contribution in [0.15, 0.2) is 53.4 Å². The standard InChI is InChI=1S/C18H19ClO4S/c1-13-7-9-15(10-8-13)24(21,22)12-11-18(20)23-14(2)16-5-3-4-6-17(16)19/h3-10,14H,11-12H2,1-2H3/t14-/m1/s1. The van der Waals surface area contributed by atoms with Crippen LogP contribution in [0.1, 0.15) is 30.6 Å². The van der Waals surface area contributed by atoms with E-state index in [-0.39, 0.29) is 17.1 Å². The van der Waals surface area contributed by atoms with Crippen LogP contribution >= 0.6 is 11.6 Å². The Morgan fingerprint density at radius 2 is 1.75 bits per heavy atom. The van der Waals surface area contributed by atoms with Crippen molar-refractivity contribution in [3.63, 3.8) is 0 Å². The fraction of sp³-hybridized carbons (Fsp3) is 0.278. The highest BCUT2D eigenvalue weighted by Gasteiger charge is 2.19. The van der Waals surface area contributed by atoms with Crippen molar-refractivity contribution in [2.24, 2.45) is 0 Å². The number of hydrogen-bond acceptors (Lipinski definition) is 4. The molecule has 6 heteroatoms. The minimum Gasteiger partial charge on any atom is -0.458 e. The van der Waals surface area contributed by atoms with Crippen LogP contribution in [0.25, 0.3) is 0 Å². The number of carbonyl (C=O) groups excluding carboxylic acids is 1. The smallest absolute Gasteiger partial charge is 0.307 e. The van der Waals surface area contributed by atoms with E-state index in [1.807, 2.05) is 6.92 Å². The van der Waals surface area contributed by atoms with Crippen molar-refractivity contribution in [1.29, 1.82) is 0 Å². The average molecular weight is 367 g/mol. The van der Waals surface area contributed by atoms with Gasteiger partial charge in [0.1, 0.15) is 6.10 Å². The predicted octanol–water partition coefficient (Wildman–Crippen LogP) is 4.12. The van der Waals surface area contributed by atoms with Gasteiger partial charge in [-0.2, -0.15) is 0 Å². The molecule has 0 spiro atoms. The van der Waals surface area contributed by atoms with Crippen LogP contribution in [0.3, 0.4) is 0 Å². The number of rotatable bonds is 6. The molecule has 0 aliphatic carbocycles. The van der Waals surface area contributed by atoms with Gasteiger partial charge in [-0.05, 0) is 32.0 Å². The zero-order chi connectivity index (χ0) is 17.7. The quantitative estimate of drug-likeness (QED) is 0.721. The van der Waals surface area contributed by atoms with E-state index in [4.69, 9.17) is 16.3 Å². The second kappa shape index (κ2) is 7.81. The Hall–Kier alpha value is -1.85.